The summed E-state index contributed by atoms with van der Waals surface area (Å²) in [5.74, 6) is 0.584. The topological polar surface area (TPSA) is 83.4 Å². The molecule has 0 aliphatic rings. The number of anilines is 2. The van der Waals surface area contributed by atoms with Crippen LogP contribution in [-0.4, -0.2) is 12.5 Å². The smallest absolute Gasteiger partial charge is 0.267 e. The molecule has 0 bridgehead atoms. The minimum atomic E-state index is -0.568. The summed E-state index contributed by atoms with van der Waals surface area (Å²) in [6, 6.07) is 21.9. The Morgan fingerprint density at radius 2 is 1.82 bits per heavy atom. The van der Waals surface area contributed by atoms with E-state index in [1.54, 1.807) is 30.3 Å². The van der Waals surface area contributed by atoms with Crippen LogP contribution in [0.4, 0.5) is 11.4 Å². The van der Waals surface area contributed by atoms with Crippen LogP contribution in [0, 0.1) is 11.3 Å². The average molecular weight is 527 g/mol. The van der Waals surface area contributed by atoms with Gasteiger partial charge in [0.15, 0.2) is 0 Å². The van der Waals surface area contributed by atoms with Gasteiger partial charge in [-0.2, -0.15) is 5.26 Å². The fourth-order valence-electron chi connectivity index (χ4n) is 2.79. The van der Waals surface area contributed by atoms with Crippen molar-refractivity contribution < 1.29 is 14.3 Å². The van der Waals surface area contributed by atoms with Crippen molar-refractivity contribution in [3.8, 4) is 17.6 Å². The molecule has 3 aromatic carbocycles. The van der Waals surface area contributed by atoms with E-state index < -0.39 is 5.91 Å². The fraction of sp³-hybridized carbons (Fsp3) is 0.120. The van der Waals surface area contributed by atoms with Gasteiger partial charge in [0.05, 0.1) is 16.1 Å². The van der Waals surface area contributed by atoms with Crippen LogP contribution in [0.2, 0.25) is 5.02 Å². The summed E-state index contributed by atoms with van der Waals surface area (Å²) in [7, 11) is 0. The number of rotatable bonds is 9. The van der Waals surface area contributed by atoms with Crippen molar-refractivity contribution in [2.24, 2.45) is 0 Å². The molecule has 33 heavy (non-hydrogen) atoms. The molecule has 0 saturated heterocycles. The first kappa shape index (κ1) is 24.2. The third-order valence-corrected chi connectivity index (χ3v) is 5.36. The van der Waals surface area contributed by atoms with Crippen molar-refractivity contribution in [2.75, 3.05) is 17.2 Å². The van der Waals surface area contributed by atoms with E-state index in [1.807, 2.05) is 49.4 Å². The van der Waals surface area contributed by atoms with E-state index in [0.29, 0.717) is 41.1 Å². The van der Waals surface area contributed by atoms with Gasteiger partial charge in [-0.1, -0.05) is 41.9 Å². The van der Waals surface area contributed by atoms with Crippen molar-refractivity contribution in [3.63, 3.8) is 0 Å². The summed E-state index contributed by atoms with van der Waals surface area (Å²) in [5, 5.41) is 15.4. The maximum Gasteiger partial charge on any atom is 0.267 e. The molecule has 0 aliphatic heterocycles. The lowest BCUT2D eigenvalue weighted by molar-refractivity contribution is -0.112. The summed E-state index contributed by atoms with van der Waals surface area (Å²) < 4.78 is 12.1. The number of hydrogen-bond donors (Lipinski definition) is 2. The van der Waals surface area contributed by atoms with Crippen molar-refractivity contribution in [2.45, 2.75) is 13.5 Å². The number of nitrogens with zero attached hydrogens (tertiary/aromatic N) is 1. The van der Waals surface area contributed by atoms with E-state index in [1.165, 1.54) is 6.20 Å². The number of amides is 1. The van der Waals surface area contributed by atoms with Gasteiger partial charge in [-0.05, 0) is 58.7 Å². The number of hydrogen-bond acceptors (Lipinski definition) is 5. The number of ether oxygens (including phenoxy) is 2. The molecule has 0 aromatic heterocycles. The van der Waals surface area contributed by atoms with Crippen molar-refractivity contribution in [1.82, 2.24) is 0 Å². The van der Waals surface area contributed by atoms with Crippen molar-refractivity contribution in [1.29, 1.82) is 5.26 Å². The van der Waals surface area contributed by atoms with E-state index in [0.717, 1.165) is 10.0 Å². The predicted octanol–water partition coefficient (Wildman–Crippen LogP) is 6.54. The Morgan fingerprint density at radius 3 is 2.52 bits per heavy atom. The third-order valence-electron chi connectivity index (χ3n) is 4.41. The first-order chi connectivity index (χ1) is 16.0. The molecule has 0 spiro atoms. The summed E-state index contributed by atoms with van der Waals surface area (Å²) in [4.78, 5) is 12.5. The van der Waals surface area contributed by atoms with Gasteiger partial charge in [0.1, 0.15) is 29.7 Å². The van der Waals surface area contributed by atoms with E-state index >= 15 is 0 Å². The van der Waals surface area contributed by atoms with Gasteiger partial charge in [-0.3, -0.25) is 4.79 Å². The lowest BCUT2D eigenvalue weighted by Crippen LogP contribution is -2.14. The third kappa shape index (κ3) is 7.01. The highest BCUT2D eigenvalue weighted by atomic mass is 79.9. The molecule has 0 radical (unpaired) electrons. The van der Waals surface area contributed by atoms with E-state index in [9.17, 15) is 10.1 Å². The number of nitriles is 1. The Morgan fingerprint density at radius 1 is 1.06 bits per heavy atom. The van der Waals surface area contributed by atoms with E-state index in [4.69, 9.17) is 21.1 Å². The van der Waals surface area contributed by atoms with Crippen molar-refractivity contribution >= 4 is 44.8 Å². The molecule has 3 aromatic rings. The van der Waals surface area contributed by atoms with Crippen LogP contribution in [-0.2, 0) is 11.4 Å². The van der Waals surface area contributed by atoms with Gasteiger partial charge in [0, 0.05) is 23.6 Å². The van der Waals surface area contributed by atoms with Crippen LogP contribution in [0.1, 0.15) is 12.5 Å². The molecular formula is C25H21BrClN3O3. The van der Waals surface area contributed by atoms with Crippen LogP contribution < -0.4 is 20.1 Å². The Labute approximate surface area is 205 Å². The van der Waals surface area contributed by atoms with Crippen molar-refractivity contribution in [3.05, 3.63) is 93.6 Å². The molecule has 168 valence electrons. The second-order valence-corrected chi connectivity index (χ2v) is 8.03. The molecule has 3 rings (SSSR count). The maximum absolute atomic E-state index is 12.5. The highest BCUT2D eigenvalue weighted by Crippen LogP contribution is 2.29. The molecule has 0 unspecified atom stereocenters. The summed E-state index contributed by atoms with van der Waals surface area (Å²) in [5.41, 5.74) is 2.03. The molecule has 0 fully saturated rings. The molecule has 0 saturated carbocycles. The lowest BCUT2D eigenvalue weighted by Gasteiger charge is -2.11. The van der Waals surface area contributed by atoms with Gasteiger partial charge in [-0.25, -0.2) is 0 Å². The minimum Gasteiger partial charge on any atom is -0.493 e. The highest BCUT2D eigenvalue weighted by Gasteiger charge is 2.12. The fourth-order valence-corrected chi connectivity index (χ4v) is 3.39. The molecule has 0 aliphatic carbocycles. The Kier molecular flexibility index (Phi) is 8.76. The van der Waals surface area contributed by atoms with Crippen LogP contribution in [0.3, 0.4) is 0 Å². The summed E-state index contributed by atoms with van der Waals surface area (Å²) in [6.45, 7) is 2.78. The molecule has 8 heteroatoms. The first-order valence-electron chi connectivity index (χ1n) is 10.1. The second-order valence-electron chi connectivity index (χ2n) is 6.77. The number of carbonyl (C=O) groups is 1. The Balaban J connectivity index is 1.63. The van der Waals surface area contributed by atoms with Crippen LogP contribution >= 0.6 is 27.5 Å². The van der Waals surface area contributed by atoms with Gasteiger partial charge < -0.3 is 20.1 Å². The monoisotopic (exact) mass is 525 g/mol. The quantitative estimate of drug-likeness (QED) is 0.244. The molecule has 2 N–H and O–H groups in total. The molecule has 6 nitrogen and oxygen atoms in total. The largest absolute Gasteiger partial charge is 0.493 e. The predicted molar refractivity (Wildman–Crippen MR) is 133 cm³/mol. The minimum absolute atomic E-state index is 0.101. The standard InChI is InChI=1S/C25H21BrClN3O3/c1-2-32-24-13-19(8-10-21(24)26)29-15-18(14-28)25(31)30-20-9-11-23(22(27)12-20)33-16-17-6-4-3-5-7-17/h3-13,15,29H,2,16H2,1H3,(H,30,31)/b18-15+. The van der Waals surface area contributed by atoms with Gasteiger partial charge in [0.2, 0.25) is 0 Å². The van der Waals surface area contributed by atoms with Gasteiger partial charge >= 0.3 is 0 Å². The van der Waals surface area contributed by atoms with Crippen LogP contribution in [0.5, 0.6) is 11.5 Å². The van der Waals surface area contributed by atoms with E-state index in [2.05, 4.69) is 26.6 Å². The number of benzene rings is 3. The zero-order chi connectivity index (χ0) is 23.6. The zero-order valence-corrected chi connectivity index (χ0v) is 20.1. The number of carbonyl (C=O) groups excluding carboxylic acids is 1. The average Bonchev–Trinajstić information content (AvgIpc) is 2.82. The molecule has 0 atom stereocenters. The van der Waals surface area contributed by atoms with Crippen LogP contribution in [0.15, 0.2) is 83.0 Å². The van der Waals surface area contributed by atoms with E-state index in [-0.39, 0.29) is 5.57 Å². The van der Waals surface area contributed by atoms with Gasteiger partial charge in [0.25, 0.3) is 5.91 Å². The van der Waals surface area contributed by atoms with Crippen LogP contribution in [0.25, 0.3) is 0 Å². The first-order valence-corrected chi connectivity index (χ1v) is 11.2. The number of halogens is 2. The van der Waals surface area contributed by atoms with Gasteiger partial charge in [-0.15, -0.1) is 0 Å². The second kappa shape index (κ2) is 12.0. The summed E-state index contributed by atoms with van der Waals surface area (Å²) in [6.07, 6.45) is 1.34. The zero-order valence-electron chi connectivity index (χ0n) is 17.8. The molecular weight excluding hydrogens is 506 g/mol. The normalized spacial score (nSPS) is 10.8. The number of nitrogens with one attached hydrogen (secondary N) is 2. The maximum atomic E-state index is 12.5. The summed E-state index contributed by atoms with van der Waals surface area (Å²) >= 11 is 9.72. The highest BCUT2D eigenvalue weighted by molar-refractivity contribution is 9.10. The Bertz CT molecular complexity index is 1190. The SMILES string of the molecule is CCOc1cc(N/C=C(\C#N)C(=O)Nc2ccc(OCc3ccccc3)c(Cl)c2)ccc1Br. The molecule has 1 amide bonds. The lowest BCUT2D eigenvalue weighted by atomic mass is 10.2. The Hall–Kier alpha value is -3.47. The molecule has 0 heterocycles.